The topological polar surface area (TPSA) is 49.4 Å². The summed E-state index contributed by atoms with van der Waals surface area (Å²) < 4.78 is 0. The third-order valence-electron chi connectivity index (χ3n) is 6.40. The van der Waals surface area contributed by atoms with Gasteiger partial charge in [-0.1, -0.05) is 72.9 Å². The summed E-state index contributed by atoms with van der Waals surface area (Å²) in [5, 5.41) is 3.20. The Hall–Kier alpha value is -2.62. The van der Waals surface area contributed by atoms with E-state index in [-0.39, 0.29) is 17.9 Å². The summed E-state index contributed by atoms with van der Waals surface area (Å²) in [6.07, 6.45) is 5.95. The number of nitrogens with one attached hydrogen (secondary N) is 1. The zero-order valence-corrected chi connectivity index (χ0v) is 19.4. The molecule has 0 aliphatic heterocycles. The highest BCUT2D eigenvalue weighted by Crippen LogP contribution is 2.19. The van der Waals surface area contributed by atoms with Crippen molar-refractivity contribution in [3.63, 3.8) is 0 Å². The SMILES string of the molecule is Cc1cccc(CN(C(=O)Cc2cc(C)ccc2C)[C@@H](C)C(=O)NC2CCCCC2)c1. The monoisotopic (exact) mass is 420 g/mol. The maximum Gasteiger partial charge on any atom is 0.242 e. The summed E-state index contributed by atoms with van der Waals surface area (Å²) in [6.45, 7) is 8.41. The largest absolute Gasteiger partial charge is 0.352 e. The van der Waals surface area contributed by atoms with Crippen LogP contribution >= 0.6 is 0 Å². The first kappa shape index (κ1) is 23.1. The summed E-state index contributed by atoms with van der Waals surface area (Å²) >= 11 is 0. The fraction of sp³-hybridized carbons (Fsp3) is 0.481. The number of carbonyl (C=O) groups excluding carboxylic acids is 2. The Balaban J connectivity index is 1.79. The predicted octanol–water partition coefficient (Wildman–Crippen LogP) is 5.02. The van der Waals surface area contributed by atoms with Gasteiger partial charge in [0.05, 0.1) is 6.42 Å². The molecular formula is C27H36N2O2. The smallest absolute Gasteiger partial charge is 0.242 e. The highest BCUT2D eigenvalue weighted by atomic mass is 16.2. The zero-order valence-electron chi connectivity index (χ0n) is 19.4. The fourth-order valence-electron chi connectivity index (χ4n) is 4.41. The Labute approximate surface area is 187 Å². The molecule has 1 aliphatic carbocycles. The second-order valence-corrected chi connectivity index (χ2v) is 9.14. The van der Waals surface area contributed by atoms with Crippen molar-refractivity contribution in [3.8, 4) is 0 Å². The average molecular weight is 421 g/mol. The van der Waals surface area contributed by atoms with Gasteiger partial charge in [0.15, 0.2) is 0 Å². The van der Waals surface area contributed by atoms with Gasteiger partial charge < -0.3 is 10.2 Å². The van der Waals surface area contributed by atoms with Crippen LogP contribution in [0.4, 0.5) is 0 Å². The van der Waals surface area contributed by atoms with E-state index in [1.807, 2.05) is 45.9 Å². The molecule has 1 N–H and O–H groups in total. The number of benzene rings is 2. The van der Waals surface area contributed by atoms with Gasteiger partial charge in [0.2, 0.25) is 11.8 Å². The Kier molecular flexibility index (Phi) is 7.89. The highest BCUT2D eigenvalue weighted by Gasteiger charge is 2.28. The number of aryl methyl sites for hydroxylation is 3. The molecule has 1 fully saturated rings. The minimum atomic E-state index is -0.514. The maximum atomic E-state index is 13.4. The number of nitrogens with zero attached hydrogens (tertiary/aromatic N) is 1. The second kappa shape index (κ2) is 10.6. The maximum absolute atomic E-state index is 13.4. The molecule has 1 atom stereocenters. The van der Waals surface area contributed by atoms with Crippen molar-refractivity contribution in [2.45, 2.75) is 84.8 Å². The lowest BCUT2D eigenvalue weighted by molar-refractivity contribution is -0.140. The first-order valence-electron chi connectivity index (χ1n) is 11.5. The lowest BCUT2D eigenvalue weighted by Gasteiger charge is -2.31. The summed E-state index contributed by atoms with van der Waals surface area (Å²) in [5.74, 6) is -0.0598. The second-order valence-electron chi connectivity index (χ2n) is 9.14. The molecule has 3 rings (SSSR count). The molecule has 2 aromatic carbocycles. The van der Waals surface area contributed by atoms with Crippen LogP contribution in [0.5, 0.6) is 0 Å². The minimum Gasteiger partial charge on any atom is -0.352 e. The van der Waals surface area contributed by atoms with E-state index in [4.69, 9.17) is 0 Å². The van der Waals surface area contributed by atoms with Crippen LogP contribution in [0.2, 0.25) is 0 Å². The van der Waals surface area contributed by atoms with Crippen molar-refractivity contribution in [1.82, 2.24) is 10.2 Å². The molecule has 2 amide bonds. The van der Waals surface area contributed by atoms with Gasteiger partial charge in [0.25, 0.3) is 0 Å². The van der Waals surface area contributed by atoms with Crippen LogP contribution in [0.25, 0.3) is 0 Å². The molecule has 0 spiro atoms. The lowest BCUT2D eigenvalue weighted by atomic mass is 9.95. The number of carbonyl (C=O) groups is 2. The standard InChI is InChI=1S/C27H36N2O2/c1-19-9-8-10-23(15-19)18-29(22(4)27(31)28-25-11-6-5-7-12-25)26(30)17-24-16-20(2)13-14-21(24)3/h8-10,13-16,22,25H,5-7,11-12,17-18H2,1-4H3,(H,28,31)/t22-/m0/s1. The molecule has 1 saturated carbocycles. The van der Waals surface area contributed by atoms with Crippen LogP contribution in [0, 0.1) is 20.8 Å². The van der Waals surface area contributed by atoms with Crippen LogP contribution in [0.1, 0.15) is 66.8 Å². The van der Waals surface area contributed by atoms with E-state index >= 15 is 0 Å². The molecule has 0 aromatic heterocycles. The molecule has 0 saturated heterocycles. The third-order valence-corrected chi connectivity index (χ3v) is 6.40. The van der Waals surface area contributed by atoms with E-state index < -0.39 is 6.04 Å². The number of amides is 2. The van der Waals surface area contributed by atoms with Crippen molar-refractivity contribution in [3.05, 3.63) is 70.3 Å². The van der Waals surface area contributed by atoms with Crippen LogP contribution < -0.4 is 5.32 Å². The van der Waals surface area contributed by atoms with E-state index in [1.165, 1.54) is 6.42 Å². The molecule has 2 aromatic rings. The highest BCUT2D eigenvalue weighted by molar-refractivity contribution is 5.88. The summed E-state index contributed by atoms with van der Waals surface area (Å²) in [4.78, 5) is 28.3. The molecule has 0 radical (unpaired) electrons. The summed E-state index contributed by atoms with van der Waals surface area (Å²) in [7, 11) is 0. The van der Waals surface area contributed by atoms with Gasteiger partial charge in [-0.3, -0.25) is 9.59 Å². The van der Waals surface area contributed by atoms with Gasteiger partial charge in [0, 0.05) is 12.6 Å². The third kappa shape index (κ3) is 6.43. The van der Waals surface area contributed by atoms with Crippen LogP contribution in [0.15, 0.2) is 42.5 Å². The van der Waals surface area contributed by atoms with Crippen molar-refractivity contribution in [2.75, 3.05) is 0 Å². The minimum absolute atomic E-state index is 0.0125. The molecular weight excluding hydrogens is 384 g/mol. The van der Waals surface area contributed by atoms with Crippen molar-refractivity contribution in [2.24, 2.45) is 0 Å². The Bertz CT molecular complexity index is 915. The first-order valence-corrected chi connectivity index (χ1v) is 11.5. The van der Waals surface area contributed by atoms with Gasteiger partial charge in [-0.2, -0.15) is 0 Å². The molecule has 0 bridgehead atoms. The lowest BCUT2D eigenvalue weighted by Crippen LogP contribution is -2.50. The Morgan fingerprint density at radius 3 is 2.42 bits per heavy atom. The van der Waals surface area contributed by atoms with Gasteiger partial charge >= 0.3 is 0 Å². The van der Waals surface area contributed by atoms with Gasteiger partial charge in [-0.15, -0.1) is 0 Å². The Morgan fingerprint density at radius 2 is 1.71 bits per heavy atom. The fourth-order valence-corrected chi connectivity index (χ4v) is 4.41. The van der Waals surface area contributed by atoms with Crippen molar-refractivity contribution < 1.29 is 9.59 Å². The van der Waals surface area contributed by atoms with Crippen LogP contribution in [0.3, 0.4) is 0 Å². The quantitative estimate of drug-likeness (QED) is 0.684. The molecule has 1 aliphatic rings. The molecule has 0 heterocycles. The van der Waals surface area contributed by atoms with Gasteiger partial charge in [0.1, 0.15) is 6.04 Å². The van der Waals surface area contributed by atoms with Crippen LogP contribution in [-0.4, -0.2) is 28.8 Å². The average Bonchev–Trinajstić information content (AvgIpc) is 2.75. The van der Waals surface area contributed by atoms with Crippen molar-refractivity contribution in [1.29, 1.82) is 0 Å². The van der Waals surface area contributed by atoms with E-state index in [2.05, 4.69) is 29.6 Å². The van der Waals surface area contributed by atoms with Crippen molar-refractivity contribution >= 4 is 11.8 Å². The van der Waals surface area contributed by atoms with E-state index in [0.29, 0.717) is 13.0 Å². The molecule has 31 heavy (non-hydrogen) atoms. The molecule has 0 unspecified atom stereocenters. The number of hydrogen-bond donors (Lipinski definition) is 1. The molecule has 4 heteroatoms. The first-order chi connectivity index (χ1) is 14.8. The number of rotatable bonds is 7. The van der Waals surface area contributed by atoms with Gasteiger partial charge in [-0.25, -0.2) is 0 Å². The van der Waals surface area contributed by atoms with E-state index in [0.717, 1.165) is 53.5 Å². The summed E-state index contributed by atoms with van der Waals surface area (Å²) in [5.41, 5.74) is 5.47. The Morgan fingerprint density at radius 1 is 1.00 bits per heavy atom. The van der Waals surface area contributed by atoms with Crippen LogP contribution in [-0.2, 0) is 22.6 Å². The normalized spacial score (nSPS) is 15.4. The molecule has 166 valence electrons. The van der Waals surface area contributed by atoms with E-state index in [1.54, 1.807) is 4.90 Å². The molecule has 4 nitrogen and oxygen atoms in total. The number of hydrogen-bond acceptors (Lipinski definition) is 2. The van der Waals surface area contributed by atoms with E-state index in [9.17, 15) is 9.59 Å². The van der Waals surface area contributed by atoms with Gasteiger partial charge in [-0.05, 0) is 57.2 Å². The zero-order chi connectivity index (χ0) is 22.4. The predicted molar refractivity (Wildman–Crippen MR) is 126 cm³/mol. The summed E-state index contributed by atoms with van der Waals surface area (Å²) in [6, 6.07) is 14.1.